The van der Waals surface area contributed by atoms with Gasteiger partial charge in [-0.05, 0) is 18.8 Å². The molecule has 0 aliphatic heterocycles. The van der Waals surface area contributed by atoms with Gasteiger partial charge < -0.3 is 48.3 Å². The van der Waals surface area contributed by atoms with Crippen LogP contribution in [0.3, 0.4) is 0 Å². The molecule has 36 heavy (non-hydrogen) atoms. The van der Waals surface area contributed by atoms with Crippen LogP contribution in [0, 0.1) is 5.92 Å². The molecule has 1 aromatic rings. The minimum absolute atomic E-state index is 0.0186. The fourth-order valence-corrected chi connectivity index (χ4v) is 3.17. The molecule has 202 valence electrons. The maximum Gasteiger partial charge on any atom is 0.326 e. The third kappa shape index (κ3) is 10.3. The van der Waals surface area contributed by atoms with Gasteiger partial charge in [-0.1, -0.05) is 20.3 Å². The van der Waals surface area contributed by atoms with Gasteiger partial charge in [-0.3, -0.25) is 19.4 Å². The summed E-state index contributed by atoms with van der Waals surface area (Å²) >= 11 is 0. The lowest BCUT2D eigenvalue weighted by Crippen LogP contribution is -2.59. The van der Waals surface area contributed by atoms with E-state index in [-0.39, 0.29) is 31.3 Å². The first-order chi connectivity index (χ1) is 17.0. The molecule has 0 bridgehead atoms. The number of carbonyl (C=O) groups excluding carboxylic acids is 3. The minimum Gasteiger partial charge on any atom is -0.480 e. The standard InChI is InChI=1S/C21H37N9O6/c1-3-11(2)16(30-17(32)13(22)9-31)19(34)29-15(7-12-8-25-10-27-12)18(33)28-14(20(35)36)5-4-6-26-21(23)24/h8,10-11,13-16,31H,3-7,9,22H2,1-2H3,(H,25,27)(H,28,33)(H,29,34)(H,30,32)(H,35,36)(H4,23,24,26). The number of aliphatic hydroxyl groups is 1. The van der Waals surface area contributed by atoms with Crippen molar-refractivity contribution in [3.05, 3.63) is 18.2 Å². The highest BCUT2D eigenvalue weighted by molar-refractivity contribution is 5.94. The lowest BCUT2D eigenvalue weighted by Gasteiger charge is -2.27. The Morgan fingerprint density at radius 3 is 2.31 bits per heavy atom. The van der Waals surface area contributed by atoms with E-state index >= 15 is 0 Å². The second-order valence-corrected chi connectivity index (χ2v) is 8.35. The molecule has 1 rings (SSSR count). The van der Waals surface area contributed by atoms with Crippen molar-refractivity contribution in [2.75, 3.05) is 13.2 Å². The number of carboxylic acids is 1. The van der Waals surface area contributed by atoms with Crippen LogP contribution in [0.2, 0.25) is 0 Å². The van der Waals surface area contributed by atoms with Crippen LogP contribution in [0.4, 0.5) is 0 Å². The molecular weight excluding hydrogens is 474 g/mol. The van der Waals surface area contributed by atoms with Crippen molar-refractivity contribution in [1.82, 2.24) is 25.9 Å². The van der Waals surface area contributed by atoms with E-state index in [0.717, 1.165) is 0 Å². The number of imidazole rings is 1. The topological polar surface area (TPSA) is 264 Å². The van der Waals surface area contributed by atoms with Crippen LogP contribution < -0.4 is 33.2 Å². The van der Waals surface area contributed by atoms with E-state index in [2.05, 4.69) is 30.9 Å². The number of carboxylic acid groups (broad SMARTS) is 1. The number of aliphatic hydroxyl groups excluding tert-OH is 1. The average Bonchev–Trinajstić information content (AvgIpc) is 3.35. The van der Waals surface area contributed by atoms with Crippen LogP contribution in [-0.2, 0) is 25.6 Å². The molecule has 3 amide bonds. The molecular formula is C21H37N9O6. The van der Waals surface area contributed by atoms with E-state index < -0.39 is 54.5 Å². The van der Waals surface area contributed by atoms with Gasteiger partial charge in [0.1, 0.15) is 24.2 Å². The van der Waals surface area contributed by atoms with E-state index in [9.17, 15) is 24.3 Å². The number of H-pyrrole nitrogens is 1. The Morgan fingerprint density at radius 1 is 1.11 bits per heavy atom. The molecule has 5 unspecified atom stereocenters. The second-order valence-electron chi connectivity index (χ2n) is 8.35. The molecule has 0 saturated carbocycles. The minimum atomic E-state index is -1.26. The zero-order valence-electron chi connectivity index (χ0n) is 20.4. The van der Waals surface area contributed by atoms with Crippen LogP contribution in [0.25, 0.3) is 0 Å². The lowest BCUT2D eigenvalue weighted by atomic mass is 9.97. The molecule has 1 heterocycles. The third-order valence-electron chi connectivity index (χ3n) is 5.50. The largest absolute Gasteiger partial charge is 0.480 e. The first kappa shape index (κ1) is 30.3. The zero-order chi connectivity index (χ0) is 27.3. The van der Waals surface area contributed by atoms with Gasteiger partial charge in [-0.15, -0.1) is 0 Å². The van der Waals surface area contributed by atoms with Gasteiger partial charge in [0.15, 0.2) is 5.96 Å². The van der Waals surface area contributed by atoms with Crippen LogP contribution in [-0.4, -0.2) is 87.2 Å². The summed E-state index contributed by atoms with van der Waals surface area (Å²) < 4.78 is 0. The molecule has 5 atom stereocenters. The Morgan fingerprint density at radius 2 is 1.78 bits per heavy atom. The smallest absolute Gasteiger partial charge is 0.326 e. The van der Waals surface area contributed by atoms with Gasteiger partial charge in [0.05, 0.1) is 12.9 Å². The monoisotopic (exact) mass is 511 g/mol. The first-order valence-electron chi connectivity index (χ1n) is 11.5. The predicted octanol–water partition coefficient (Wildman–Crippen LogP) is -3.09. The van der Waals surface area contributed by atoms with Crippen LogP contribution in [0.15, 0.2) is 17.5 Å². The van der Waals surface area contributed by atoms with Crippen LogP contribution in [0.1, 0.15) is 38.8 Å². The van der Waals surface area contributed by atoms with Crippen molar-refractivity contribution in [2.45, 2.75) is 63.7 Å². The van der Waals surface area contributed by atoms with Crippen LogP contribution >= 0.6 is 0 Å². The van der Waals surface area contributed by atoms with Crippen molar-refractivity contribution in [3.8, 4) is 0 Å². The number of nitrogens with one attached hydrogen (secondary N) is 4. The highest BCUT2D eigenvalue weighted by Gasteiger charge is 2.32. The van der Waals surface area contributed by atoms with Gasteiger partial charge in [0, 0.05) is 24.9 Å². The maximum absolute atomic E-state index is 13.1. The van der Waals surface area contributed by atoms with Gasteiger partial charge in [-0.2, -0.15) is 0 Å². The van der Waals surface area contributed by atoms with Crippen LogP contribution in [0.5, 0.6) is 0 Å². The predicted molar refractivity (Wildman–Crippen MR) is 130 cm³/mol. The summed E-state index contributed by atoms with van der Waals surface area (Å²) in [5.41, 5.74) is 16.6. The van der Waals surface area contributed by atoms with E-state index in [0.29, 0.717) is 18.5 Å². The number of nitrogens with zero attached hydrogens (tertiary/aromatic N) is 2. The number of hydrogen-bond acceptors (Lipinski definition) is 8. The van der Waals surface area contributed by atoms with Crippen molar-refractivity contribution < 1.29 is 29.4 Å². The van der Waals surface area contributed by atoms with Gasteiger partial charge >= 0.3 is 5.97 Å². The highest BCUT2D eigenvalue weighted by Crippen LogP contribution is 2.10. The molecule has 0 aromatic carbocycles. The van der Waals surface area contributed by atoms with E-state index in [4.69, 9.17) is 22.3 Å². The molecule has 0 radical (unpaired) electrons. The lowest BCUT2D eigenvalue weighted by molar-refractivity contribution is -0.142. The number of aromatic amines is 1. The Hall–Kier alpha value is -3.72. The second kappa shape index (κ2) is 15.3. The normalized spacial score (nSPS) is 15.0. The Bertz CT molecular complexity index is 888. The molecule has 12 N–H and O–H groups in total. The molecule has 15 nitrogen and oxygen atoms in total. The summed E-state index contributed by atoms with van der Waals surface area (Å²) in [5, 5.41) is 26.2. The number of hydrogen-bond donors (Lipinski definition) is 9. The average molecular weight is 512 g/mol. The Labute approximate surface area is 208 Å². The first-order valence-corrected chi connectivity index (χ1v) is 11.5. The van der Waals surface area contributed by atoms with Gasteiger partial charge in [0.2, 0.25) is 17.7 Å². The molecule has 15 heteroatoms. The molecule has 0 spiro atoms. The summed E-state index contributed by atoms with van der Waals surface area (Å²) in [5.74, 6) is -3.86. The molecule has 1 aromatic heterocycles. The highest BCUT2D eigenvalue weighted by atomic mass is 16.4. The number of nitrogens with two attached hydrogens (primary N) is 3. The van der Waals surface area contributed by atoms with Crippen molar-refractivity contribution in [2.24, 2.45) is 28.1 Å². The molecule has 0 fully saturated rings. The van der Waals surface area contributed by atoms with E-state index in [1.54, 1.807) is 6.92 Å². The van der Waals surface area contributed by atoms with E-state index in [1.807, 2.05) is 6.92 Å². The summed E-state index contributed by atoms with van der Waals surface area (Å²) in [6, 6.07) is -4.70. The Balaban J connectivity index is 3.04. The van der Waals surface area contributed by atoms with Crippen molar-refractivity contribution >= 4 is 29.7 Å². The number of amides is 3. The van der Waals surface area contributed by atoms with Crippen molar-refractivity contribution in [3.63, 3.8) is 0 Å². The molecule has 0 saturated heterocycles. The quantitative estimate of drug-likeness (QED) is 0.0613. The Kier molecular flexibility index (Phi) is 12.9. The number of rotatable bonds is 16. The fraction of sp³-hybridized carbons (Fsp3) is 0.619. The number of aromatic nitrogens is 2. The van der Waals surface area contributed by atoms with Gasteiger partial charge in [0.25, 0.3) is 0 Å². The van der Waals surface area contributed by atoms with Gasteiger partial charge in [-0.25, -0.2) is 9.78 Å². The van der Waals surface area contributed by atoms with E-state index in [1.165, 1.54) is 12.5 Å². The molecule has 0 aliphatic carbocycles. The maximum atomic E-state index is 13.1. The SMILES string of the molecule is CCC(C)C(NC(=O)C(N)CO)C(=O)NC(Cc1cnc[nH]1)C(=O)NC(CCCN=C(N)N)C(=O)O. The summed E-state index contributed by atoms with van der Waals surface area (Å²) in [6.45, 7) is 3.13. The molecule has 0 aliphatic rings. The number of carbonyl (C=O) groups is 4. The number of aliphatic imine (C=N–C) groups is 1. The summed E-state index contributed by atoms with van der Waals surface area (Å²) in [6.07, 6.45) is 3.70. The summed E-state index contributed by atoms with van der Waals surface area (Å²) in [7, 11) is 0. The fourth-order valence-electron chi connectivity index (χ4n) is 3.17. The number of guanidine groups is 1. The zero-order valence-corrected chi connectivity index (χ0v) is 20.4. The number of aliphatic carboxylic acids is 1. The van der Waals surface area contributed by atoms with Crippen molar-refractivity contribution in [1.29, 1.82) is 0 Å². The third-order valence-corrected chi connectivity index (χ3v) is 5.50. The summed E-state index contributed by atoms with van der Waals surface area (Å²) in [4.78, 5) is 60.6.